The molecule has 0 atom stereocenters. The molecule has 2 heterocycles. The maximum Gasteiger partial charge on any atom is 0.261 e. The van der Waals surface area contributed by atoms with Crippen LogP contribution in [0.5, 0.6) is 28.7 Å². The Hall–Kier alpha value is -4.37. The molecule has 3 N–H and O–H groups in total. The van der Waals surface area contributed by atoms with E-state index in [1.165, 1.54) is 11.3 Å². The molecule has 0 saturated heterocycles. The Morgan fingerprint density at radius 2 is 1.80 bits per heavy atom. The van der Waals surface area contributed by atoms with Crippen LogP contribution in [0.25, 0.3) is 10.1 Å². The highest BCUT2D eigenvalue weighted by Gasteiger charge is 2.28. The van der Waals surface area contributed by atoms with Gasteiger partial charge in [0.2, 0.25) is 6.79 Å². The van der Waals surface area contributed by atoms with E-state index in [0.717, 1.165) is 36.0 Å². The molecule has 1 aromatic heterocycles. The SMILES string of the molecule is C=C(Cc1ccc(OC)c(OC)c1)N(Cc1ccc2c(c1)OCO2)C(=O)c1c(N)sc2c(O)ccc(CCCC)c12. The smallest absolute Gasteiger partial charge is 0.261 e. The van der Waals surface area contributed by atoms with Crippen LogP contribution in [0.3, 0.4) is 0 Å². The molecule has 4 aromatic rings. The van der Waals surface area contributed by atoms with Gasteiger partial charge in [-0.05, 0) is 59.9 Å². The van der Waals surface area contributed by atoms with Crippen molar-refractivity contribution >= 4 is 32.3 Å². The zero-order valence-electron chi connectivity index (χ0n) is 23.5. The van der Waals surface area contributed by atoms with Crippen molar-refractivity contribution in [2.45, 2.75) is 39.2 Å². The summed E-state index contributed by atoms with van der Waals surface area (Å²) >= 11 is 1.23. The van der Waals surface area contributed by atoms with Crippen LogP contribution in [0, 0.1) is 0 Å². The molecule has 0 aliphatic carbocycles. The van der Waals surface area contributed by atoms with E-state index in [-0.39, 0.29) is 25.0 Å². The number of hydrogen-bond acceptors (Lipinski definition) is 8. The summed E-state index contributed by atoms with van der Waals surface area (Å²) in [4.78, 5) is 16.1. The third-order valence-corrected chi connectivity index (χ3v) is 8.25. The third-order valence-electron chi connectivity index (χ3n) is 7.21. The fourth-order valence-electron chi connectivity index (χ4n) is 5.07. The van der Waals surface area contributed by atoms with Crippen LogP contribution in [0.15, 0.2) is 60.8 Å². The van der Waals surface area contributed by atoms with E-state index in [1.807, 2.05) is 42.5 Å². The van der Waals surface area contributed by atoms with Gasteiger partial charge in [-0.1, -0.05) is 38.1 Å². The van der Waals surface area contributed by atoms with Gasteiger partial charge in [0, 0.05) is 17.5 Å². The number of methoxy groups -OCH3 is 2. The Bertz CT molecular complexity index is 1610. The van der Waals surface area contributed by atoms with E-state index >= 15 is 0 Å². The number of fused-ring (bicyclic) bond motifs is 2. The summed E-state index contributed by atoms with van der Waals surface area (Å²) in [6, 6.07) is 14.8. The number of unbranched alkanes of at least 4 members (excludes halogenated alkanes) is 1. The van der Waals surface area contributed by atoms with Gasteiger partial charge in [-0.2, -0.15) is 0 Å². The minimum absolute atomic E-state index is 0.113. The molecule has 214 valence electrons. The van der Waals surface area contributed by atoms with Crippen LogP contribution < -0.4 is 24.7 Å². The van der Waals surface area contributed by atoms with Gasteiger partial charge in [0.1, 0.15) is 5.75 Å². The molecule has 0 saturated carbocycles. The Kier molecular flexibility index (Phi) is 8.26. The molecular formula is C32H34N2O6S. The molecule has 0 radical (unpaired) electrons. The zero-order valence-corrected chi connectivity index (χ0v) is 24.3. The Balaban J connectivity index is 1.56. The van der Waals surface area contributed by atoms with E-state index < -0.39 is 0 Å². The number of phenols is 1. The summed E-state index contributed by atoms with van der Waals surface area (Å²) in [5.41, 5.74) is 10.2. The first-order chi connectivity index (χ1) is 19.8. The molecule has 0 unspecified atom stereocenters. The van der Waals surface area contributed by atoms with Crippen molar-refractivity contribution in [2.24, 2.45) is 0 Å². The standard InChI is InChI=1S/C32H34N2O6S/c1-5-6-7-22-10-11-23(35)30-28(22)29(31(33)41-30)32(36)34(17-21-9-13-25-27(16-21)40-18-39-25)19(2)14-20-8-12-24(37-3)26(15-20)38-4/h8-13,15-16,35H,2,5-7,14,17-18,33H2,1,3-4H3. The average molecular weight is 575 g/mol. The average Bonchev–Trinajstić information content (AvgIpc) is 3.59. The number of thiophene rings is 1. The predicted octanol–water partition coefficient (Wildman–Crippen LogP) is 6.68. The molecule has 0 spiro atoms. The number of amides is 1. The molecule has 1 amide bonds. The first-order valence-corrected chi connectivity index (χ1v) is 14.3. The largest absolute Gasteiger partial charge is 0.506 e. The monoisotopic (exact) mass is 574 g/mol. The van der Waals surface area contributed by atoms with E-state index in [4.69, 9.17) is 24.7 Å². The normalized spacial score (nSPS) is 12.0. The molecule has 5 rings (SSSR count). The van der Waals surface area contributed by atoms with Crippen molar-refractivity contribution < 1.29 is 28.8 Å². The number of benzene rings is 3. The number of carbonyl (C=O) groups excluding carboxylic acids is 1. The van der Waals surface area contributed by atoms with E-state index in [2.05, 4.69) is 13.5 Å². The van der Waals surface area contributed by atoms with Crippen molar-refractivity contribution in [1.82, 2.24) is 4.90 Å². The van der Waals surface area contributed by atoms with Gasteiger partial charge >= 0.3 is 0 Å². The molecule has 1 aliphatic heterocycles. The number of aryl methyl sites for hydroxylation is 1. The van der Waals surface area contributed by atoms with Crippen molar-refractivity contribution in [1.29, 1.82) is 0 Å². The summed E-state index contributed by atoms with van der Waals surface area (Å²) in [5.74, 6) is 2.35. The Morgan fingerprint density at radius 1 is 1.05 bits per heavy atom. The third kappa shape index (κ3) is 5.63. The van der Waals surface area contributed by atoms with Crippen molar-refractivity contribution in [2.75, 3.05) is 26.7 Å². The van der Waals surface area contributed by atoms with Crippen LogP contribution in [-0.4, -0.2) is 36.9 Å². The lowest BCUT2D eigenvalue weighted by Crippen LogP contribution is -2.31. The van der Waals surface area contributed by atoms with E-state index in [0.29, 0.717) is 55.8 Å². The number of nitrogens with two attached hydrogens (primary N) is 1. The van der Waals surface area contributed by atoms with Crippen molar-refractivity contribution in [3.63, 3.8) is 0 Å². The first kappa shape index (κ1) is 28.2. The zero-order chi connectivity index (χ0) is 29.1. The highest BCUT2D eigenvalue weighted by atomic mass is 32.1. The molecule has 0 bridgehead atoms. The molecule has 3 aromatic carbocycles. The van der Waals surface area contributed by atoms with Crippen LogP contribution in [-0.2, 0) is 19.4 Å². The predicted molar refractivity (Wildman–Crippen MR) is 161 cm³/mol. The van der Waals surface area contributed by atoms with Crippen LogP contribution in [0.1, 0.15) is 46.8 Å². The highest BCUT2D eigenvalue weighted by molar-refractivity contribution is 7.23. The number of carbonyl (C=O) groups is 1. The lowest BCUT2D eigenvalue weighted by molar-refractivity contribution is 0.0796. The summed E-state index contributed by atoms with van der Waals surface area (Å²) in [5, 5.41) is 11.7. The molecule has 1 aliphatic rings. The lowest BCUT2D eigenvalue weighted by atomic mass is 9.99. The van der Waals surface area contributed by atoms with E-state index in [9.17, 15) is 9.90 Å². The lowest BCUT2D eigenvalue weighted by Gasteiger charge is -2.26. The number of nitrogen functional groups attached to an aromatic ring is 1. The topological polar surface area (TPSA) is 103 Å². The molecule has 9 heteroatoms. The van der Waals surface area contributed by atoms with Crippen LogP contribution in [0.2, 0.25) is 0 Å². The number of nitrogens with zero attached hydrogens (tertiary/aromatic N) is 1. The number of allylic oxidation sites excluding steroid dienone is 1. The Morgan fingerprint density at radius 3 is 2.56 bits per heavy atom. The van der Waals surface area contributed by atoms with Gasteiger partial charge in [-0.25, -0.2) is 0 Å². The maximum absolute atomic E-state index is 14.5. The maximum atomic E-state index is 14.5. The number of anilines is 1. The van der Waals surface area contributed by atoms with Gasteiger partial charge in [-0.15, -0.1) is 11.3 Å². The van der Waals surface area contributed by atoms with E-state index in [1.54, 1.807) is 25.2 Å². The highest BCUT2D eigenvalue weighted by Crippen LogP contribution is 2.43. The Labute approximate surface area is 243 Å². The van der Waals surface area contributed by atoms with Gasteiger partial charge < -0.3 is 34.7 Å². The summed E-state index contributed by atoms with van der Waals surface area (Å²) in [6.45, 7) is 6.86. The van der Waals surface area contributed by atoms with Crippen LogP contribution >= 0.6 is 11.3 Å². The summed E-state index contributed by atoms with van der Waals surface area (Å²) < 4.78 is 22.5. The van der Waals surface area contributed by atoms with Gasteiger partial charge in [-0.3, -0.25) is 4.79 Å². The molecule has 8 nitrogen and oxygen atoms in total. The van der Waals surface area contributed by atoms with Crippen molar-refractivity contribution in [3.05, 3.63) is 83.1 Å². The van der Waals surface area contributed by atoms with Gasteiger partial charge in [0.25, 0.3) is 5.91 Å². The van der Waals surface area contributed by atoms with Gasteiger partial charge in [0.15, 0.2) is 23.0 Å². The quantitative estimate of drug-likeness (QED) is 0.206. The molecular weight excluding hydrogens is 540 g/mol. The number of rotatable bonds is 11. The minimum atomic E-state index is -0.278. The first-order valence-electron chi connectivity index (χ1n) is 13.5. The summed E-state index contributed by atoms with van der Waals surface area (Å²) in [7, 11) is 3.17. The van der Waals surface area contributed by atoms with Gasteiger partial charge in [0.05, 0.1) is 36.0 Å². The van der Waals surface area contributed by atoms with Crippen LogP contribution in [0.4, 0.5) is 5.00 Å². The number of ether oxygens (including phenoxy) is 4. The second-order valence-electron chi connectivity index (χ2n) is 9.90. The fourth-order valence-corrected chi connectivity index (χ4v) is 6.09. The van der Waals surface area contributed by atoms with Crippen molar-refractivity contribution in [3.8, 4) is 28.7 Å². The number of hydrogen-bond donors (Lipinski definition) is 2. The minimum Gasteiger partial charge on any atom is -0.506 e. The number of aromatic hydroxyl groups is 1. The second-order valence-corrected chi connectivity index (χ2v) is 11.0. The second kappa shape index (κ2) is 12.0. The fraction of sp³-hybridized carbons (Fsp3) is 0.281. The number of phenolic OH excluding ortho intramolecular Hbond substituents is 1. The molecule has 0 fully saturated rings. The molecule has 41 heavy (non-hydrogen) atoms. The summed E-state index contributed by atoms with van der Waals surface area (Å²) in [6.07, 6.45) is 3.12.